The lowest BCUT2D eigenvalue weighted by atomic mass is 9.69. The number of aromatic nitrogens is 3. The summed E-state index contributed by atoms with van der Waals surface area (Å²) in [5, 5.41) is 5.01. The highest BCUT2D eigenvalue weighted by molar-refractivity contribution is 5.68. The summed E-state index contributed by atoms with van der Waals surface area (Å²) in [7, 11) is 0. The van der Waals surface area contributed by atoms with Crippen molar-refractivity contribution in [2.75, 3.05) is 19.7 Å². The van der Waals surface area contributed by atoms with E-state index in [-0.39, 0.29) is 12.2 Å². The van der Waals surface area contributed by atoms with Gasteiger partial charge in [-0.25, -0.2) is 14.3 Å². The molecule has 1 atom stereocenters. The summed E-state index contributed by atoms with van der Waals surface area (Å²) in [5.41, 5.74) is 3.71. The van der Waals surface area contributed by atoms with E-state index in [0.29, 0.717) is 31.0 Å². The number of aryl methyl sites for hydroxylation is 1. The maximum absolute atomic E-state index is 12.6. The van der Waals surface area contributed by atoms with Gasteiger partial charge in [0.25, 0.3) is 0 Å². The van der Waals surface area contributed by atoms with Crippen molar-refractivity contribution in [1.82, 2.24) is 19.5 Å². The minimum Gasteiger partial charge on any atom is -0.444 e. The number of carbonyl (C=O) groups is 1. The van der Waals surface area contributed by atoms with Gasteiger partial charge in [-0.2, -0.15) is 5.10 Å². The van der Waals surface area contributed by atoms with Crippen molar-refractivity contribution in [3.05, 3.63) is 29.2 Å². The molecule has 1 saturated carbocycles. The van der Waals surface area contributed by atoms with Gasteiger partial charge in [-0.15, -0.1) is 0 Å². The van der Waals surface area contributed by atoms with Crippen LogP contribution in [0.5, 0.6) is 0 Å². The van der Waals surface area contributed by atoms with Crippen molar-refractivity contribution in [3.8, 4) is 0 Å². The van der Waals surface area contributed by atoms with Gasteiger partial charge in [0.15, 0.2) is 5.65 Å². The number of carbonyl (C=O) groups excluding carboxylic acids is 1. The third kappa shape index (κ3) is 5.51. The fourth-order valence-electron chi connectivity index (χ4n) is 5.15. The van der Waals surface area contributed by atoms with E-state index in [2.05, 4.69) is 26.8 Å². The highest BCUT2D eigenvalue weighted by atomic mass is 16.6. The smallest absolute Gasteiger partial charge is 0.410 e. The molecule has 4 rings (SSSR count). The number of hydrogen-bond donors (Lipinski definition) is 0. The summed E-state index contributed by atoms with van der Waals surface area (Å²) in [6, 6.07) is 4.18. The van der Waals surface area contributed by atoms with Crippen LogP contribution in [0.25, 0.3) is 5.65 Å². The number of hydrogen-bond acceptors (Lipinski definition) is 5. The lowest BCUT2D eigenvalue weighted by Gasteiger charge is -2.36. The Morgan fingerprint density at radius 1 is 1.09 bits per heavy atom. The second-order valence-electron chi connectivity index (χ2n) is 11.9. The molecule has 1 amide bonds. The van der Waals surface area contributed by atoms with Gasteiger partial charge in [0.2, 0.25) is 0 Å². The van der Waals surface area contributed by atoms with E-state index in [9.17, 15) is 4.79 Å². The van der Waals surface area contributed by atoms with Gasteiger partial charge in [0.1, 0.15) is 11.7 Å². The van der Waals surface area contributed by atoms with Gasteiger partial charge in [0, 0.05) is 24.2 Å². The van der Waals surface area contributed by atoms with Crippen LogP contribution in [0.4, 0.5) is 4.79 Å². The molecule has 0 bridgehead atoms. The Kier molecular flexibility index (Phi) is 6.47. The molecule has 0 unspecified atom stereocenters. The first kappa shape index (κ1) is 24.0. The highest BCUT2D eigenvalue weighted by Gasteiger charge is 2.33. The summed E-state index contributed by atoms with van der Waals surface area (Å²) < 4.78 is 13.6. The van der Waals surface area contributed by atoms with E-state index in [0.717, 1.165) is 28.6 Å². The van der Waals surface area contributed by atoms with E-state index < -0.39 is 5.60 Å². The molecule has 2 fully saturated rings. The van der Waals surface area contributed by atoms with Crippen molar-refractivity contribution in [2.45, 2.75) is 91.8 Å². The molecular weight excluding hydrogens is 416 g/mol. The molecule has 1 saturated heterocycles. The average Bonchev–Trinajstić information content (AvgIpc) is 3.15. The van der Waals surface area contributed by atoms with E-state index in [4.69, 9.17) is 19.6 Å². The van der Waals surface area contributed by atoms with Crippen molar-refractivity contribution < 1.29 is 14.3 Å². The van der Waals surface area contributed by atoms with Crippen LogP contribution in [-0.2, 0) is 9.47 Å². The van der Waals surface area contributed by atoms with Crippen LogP contribution in [0.3, 0.4) is 0 Å². The Bertz CT molecular complexity index is 993. The molecule has 33 heavy (non-hydrogen) atoms. The molecule has 0 N–H and O–H groups in total. The maximum atomic E-state index is 12.6. The molecule has 0 aromatic carbocycles. The SMILES string of the molecule is Cc1cc([C@@H]2CN(C(=O)OC(C)(C)C)CCO2)n2nc([C@H]3CC[C@H](C(C)(C)C)CC3)cc2n1. The number of morpholine rings is 1. The first-order valence-corrected chi connectivity index (χ1v) is 12.4. The fraction of sp³-hybridized carbons (Fsp3) is 0.731. The normalized spacial score (nSPS) is 24.8. The molecule has 3 heterocycles. The van der Waals surface area contributed by atoms with Crippen LogP contribution in [-0.4, -0.2) is 50.9 Å². The Balaban J connectivity index is 1.55. The van der Waals surface area contributed by atoms with Gasteiger partial charge in [-0.3, -0.25) is 0 Å². The summed E-state index contributed by atoms with van der Waals surface area (Å²) in [6.45, 7) is 16.2. The minimum atomic E-state index is -0.520. The minimum absolute atomic E-state index is 0.264. The lowest BCUT2D eigenvalue weighted by Crippen LogP contribution is -2.45. The van der Waals surface area contributed by atoms with Crippen molar-refractivity contribution in [2.24, 2.45) is 11.3 Å². The summed E-state index contributed by atoms with van der Waals surface area (Å²) >= 11 is 0. The molecule has 182 valence electrons. The largest absolute Gasteiger partial charge is 0.444 e. The van der Waals surface area contributed by atoms with Crippen LogP contribution in [0.1, 0.15) is 96.3 Å². The second-order valence-corrected chi connectivity index (χ2v) is 11.9. The Morgan fingerprint density at radius 2 is 1.79 bits per heavy atom. The Hall–Kier alpha value is -2.15. The summed E-state index contributed by atoms with van der Waals surface area (Å²) in [6.07, 6.45) is 4.28. The fourth-order valence-corrected chi connectivity index (χ4v) is 5.15. The zero-order chi connectivity index (χ0) is 24.0. The molecule has 2 aliphatic rings. The second kappa shape index (κ2) is 8.90. The molecular formula is C26H40N4O3. The summed E-state index contributed by atoms with van der Waals surface area (Å²) in [4.78, 5) is 19.1. The lowest BCUT2D eigenvalue weighted by molar-refractivity contribution is -0.0454. The van der Waals surface area contributed by atoms with E-state index in [1.54, 1.807) is 4.90 Å². The zero-order valence-corrected chi connectivity index (χ0v) is 21.4. The quantitative estimate of drug-likeness (QED) is 0.583. The first-order valence-electron chi connectivity index (χ1n) is 12.4. The molecule has 7 heteroatoms. The van der Waals surface area contributed by atoms with Crippen molar-refractivity contribution in [1.29, 1.82) is 0 Å². The molecule has 1 aliphatic carbocycles. The van der Waals surface area contributed by atoms with Crippen molar-refractivity contribution in [3.63, 3.8) is 0 Å². The topological polar surface area (TPSA) is 69.0 Å². The molecule has 1 aliphatic heterocycles. The number of fused-ring (bicyclic) bond motifs is 1. The van der Waals surface area contributed by atoms with Crippen LogP contribution in [0, 0.1) is 18.3 Å². The third-order valence-electron chi connectivity index (χ3n) is 7.02. The molecule has 7 nitrogen and oxygen atoms in total. The van der Waals surface area contributed by atoms with Crippen LogP contribution in [0.15, 0.2) is 12.1 Å². The predicted molar refractivity (Wildman–Crippen MR) is 128 cm³/mol. The van der Waals surface area contributed by atoms with E-state index in [1.165, 1.54) is 25.7 Å². The average molecular weight is 457 g/mol. The first-order chi connectivity index (χ1) is 15.4. The number of ether oxygens (including phenoxy) is 2. The monoisotopic (exact) mass is 456 g/mol. The van der Waals surface area contributed by atoms with Crippen LogP contribution < -0.4 is 0 Å². The highest BCUT2D eigenvalue weighted by Crippen LogP contribution is 2.43. The van der Waals surface area contributed by atoms with Gasteiger partial charge in [-0.1, -0.05) is 20.8 Å². The number of rotatable bonds is 2. The Labute approximate surface area is 197 Å². The van der Waals surface area contributed by atoms with Gasteiger partial charge in [-0.05, 0) is 70.8 Å². The van der Waals surface area contributed by atoms with Crippen LogP contribution >= 0.6 is 0 Å². The van der Waals surface area contributed by atoms with Crippen LogP contribution in [0.2, 0.25) is 0 Å². The summed E-state index contributed by atoms with van der Waals surface area (Å²) in [5.74, 6) is 1.25. The molecule has 0 spiro atoms. The van der Waals surface area contributed by atoms with E-state index >= 15 is 0 Å². The Morgan fingerprint density at radius 3 is 2.42 bits per heavy atom. The van der Waals surface area contributed by atoms with E-state index in [1.807, 2.05) is 38.3 Å². The zero-order valence-electron chi connectivity index (χ0n) is 21.4. The standard InChI is InChI=1S/C26H40N4O3/c1-17-14-21(22-16-29(12-13-32-22)24(31)33-26(5,6)7)30-23(27-17)15-20(28-30)18-8-10-19(11-9-18)25(2,3)4/h14-15,18-19,22H,8-13,16H2,1-7H3/t18-,19-,22-/m0/s1. The molecule has 2 aromatic rings. The predicted octanol–water partition coefficient (Wildman–Crippen LogP) is 5.67. The van der Waals surface area contributed by atoms with Gasteiger partial charge >= 0.3 is 6.09 Å². The van der Waals surface area contributed by atoms with Crippen molar-refractivity contribution >= 4 is 11.7 Å². The molecule has 0 radical (unpaired) electrons. The van der Waals surface area contributed by atoms with Gasteiger partial charge in [0.05, 0.1) is 24.5 Å². The number of nitrogens with zero attached hydrogens (tertiary/aromatic N) is 4. The molecule has 2 aromatic heterocycles. The van der Waals surface area contributed by atoms with Gasteiger partial charge < -0.3 is 14.4 Å². The third-order valence-corrected chi connectivity index (χ3v) is 7.02. The maximum Gasteiger partial charge on any atom is 0.410 e. The number of amides is 1.